The molecule has 0 saturated carbocycles. The van der Waals surface area contributed by atoms with Gasteiger partial charge in [0.25, 0.3) is 0 Å². The van der Waals surface area contributed by atoms with Gasteiger partial charge in [0.15, 0.2) is 0 Å². The van der Waals surface area contributed by atoms with Crippen molar-refractivity contribution in [2.75, 3.05) is 11.9 Å². The topological polar surface area (TPSA) is 64.3 Å². The highest BCUT2D eigenvalue weighted by atomic mass is 16.6. The van der Waals surface area contributed by atoms with Crippen molar-refractivity contribution >= 4 is 11.8 Å². The molecule has 1 aromatic carbocycles. The van der Waals surface area contributed by atoms with E-state index >= 15 is 0 Å². The molecule has 0 aliphatic heterocycles. The lowest BCUT2D eigenvalue weighted by Gasteiger charge is -2.20. The molecule has 1 rings (SSSR count). The molecule has 0 bridgehead atoms. The largest absolute Gasteiger partial charge is 0.444 e. The molecule has 4 heteroatoms. The predicted molar refractivity (Wildman–Crippen MR) is 78.3 cm³/mol. The summed E-state index contributed by atoms with van der Waals surface area (Å²) in [7, 11) is 0. The van der Waals surface area contributed by atoms with E-state index in [1.54, 1.807) is 0 Å². The van der Waals surface area contributed by atoms with Crippen LogP contribution in [0.2, 0.25) is 0 Å². The number of carbonyl (C=O) groups is 1. The number of benzene rings is 1. The standard InChI is InChI=1S/C15H24N2O2/c1-15(2,3)19-14(18)17-13-10-5-4-8-12(13)9-6-7-11-16/h4-5,8,10H,6-7,9,11,16H2,1-3H3,(H,17,18). The van der Waals surface area contributed by atoms with Gasteiger partial charge in [-0.05, 0) is 58.2 Å². The number of hydrogen-bond acceptors (Lipinski definition) is 3. The number of hydrogen-bond donors (Lipinski definition) is 2. The fourth-order valence-corrected chi connectivity index (χ4v) is 1.73. The molecule has 0 spiro atoms. The van der Waals surface area contributed by atoms with E-state index in [4.69, 9.17) is 10.5 Å². The van der Waals surface area contributed by atoms with Crippen LogP contribution in [0.15, 0.2) is 24.3 Å². The van der Waals surface area contributed by atoms with Crippen LogP contribution in [0, 0.1) is 0 Å². The van der Waals surface area contributed by atoms with Crippen molar-refractivity contribution in [2.24, 2.45) is 5.73 Å². The molecule has 3 N–H and O–H groups in total. The second-order valence-corrected chi connectivity index (χ2v) is 5.53. The van der Waals surface area contributed by atoms with E-state index in [2.05, 4.69) is 5.32 Å². The van der Waals surface area contributed by atoms with Crippen molar-refractivity contribution in [3.05, 3.63) is 29.8 Å². The number of anilines is 1. The van der Waals surface area contributed by atoms with Crippen LogP contribution in [-0.2, 0) is 11.2 Å². The van der Waals surface area contributed by atoms with Crippen molar-refractivity contribution < 1.29 is 9.53 Å². The molecule has 0 aliphatic carbocycles. The molecule has 0 aliphatic rings. The van der Waals surface area contributed by atoms with Crippen LogP contribution < -0.4 is 11.1 Å². The summed E-state index contributed by atoms with van der Waals surface area (Å²) in [5, 5.41) is 2.80. The van der Waals surface area contributed by atoms with Gasteiger partial charge in [0.05, 0.1) is 0 Å². The first kappa shape index (κ1) is 15.5. The van der Waals surface area contributed by atoms with Crippen LogP contribution in [0.1, 0.15) is 39.2 Å². The summed E-state index contributed by atoms with van der Waals surface area (Å²) in [6.07, 6.45) is 2.49. The van der Waals surface area contributed by atoms with Crippen molar-refractivity contribution in [3.63, 3.8) is 0 Å². The normalized spacial score (nSPS) is 11.2. The van der Waals surface area contributed by atoms with E-state index in [1.165, 1.54) is 0 Å². The Bertz CT molecular complexity index is 411. The Morgan fingerprint density at radius 1 is 1.26 bits per heavy atom. The quantitative estimate of drug-likeness (QED) is 0.802. The smallest absolute Gasteiger partial charge is 0.412 e. The first-order chi connectivity index (χ1) is 8.92. The summed E-state index contributed by atoms with van der Waals surface area (Å²) in [4.78, 5) is 11.8. The third-order valence-corrected chi connectivity index (χ3v) is 2.55. The Kier molecular flexibility index (Phi) is 5.83. The lowest BCUT2D eigenvalue weighted by molar-refractivity contribution is 0.0636. The van der Waals surface area contributed by atoms with Crippen LogP contribution >= 0.6 is 0 Å². The lowest BCUT2D eigenvalue weighted by atomic mass is 10.1. The number of amides is 1. The molecule has 1 amide bonds. The number of rotatable bonds is 5. The van der Waals surface area contributed by atoms with Gasteiger partial charge in [-0.2, -0.15) is 0 Å². The average molecular weight is 264 g/mol. The number of unbranched alkanes of at least 4 members (excludes halogenated alkanes) is 1. The third-order valence-electron chi connectivity index (χ3n) is 2.55. The van der Waals surface area contributed by atoms with E-state index in [1.807, 2.05) is 45.0 Å². The minimum absolute atomic E-state index is 0.418. The van der Waals surface area contributed by atoms with Crippen LogP contribution in [0.4, 0.5) is 10.5 Å². The van der Waals surface area contributed by atoms with Gasteiger partial charge in [0.2, 0.25) is 0 Å². The first-order valence-electron chi connectivity index (χ1n) is 6.70. The van der Waals surface area contributed by atoms with Crippen LogP contribution in [0.5, 0.6) is 0 Å². The Morgan fingerprint density at radius 2 is 1.95 bits per heavy atom. The molecule has 0 saturated heterocycles. The second-order valence-electron chi connectivity index (χ2n) is 5.53. The first-order valence-corrected chi connectivity index (χ1v) is 6.70. The molecule has 0 fully saturated rings. The summed E-state index contributed by atoms with van der Waals surface area (Å²) >= 11 is 0. The molecule has 106 valence electrons. The molecule has 0 aromatic heterocycles. The van der Waals surface area contributed by atoms with Crippen LogP contribution in [0.25, 0.3) is 0 Å². The minimum atomic E-state index is -0.488. The number of ether oxygens (including phenoxy) is 1. The zero-order chi connectivity index (χ0) is 14.3. The van der Waals surface area contributed by atoms with Crippen molar-refractivity contribution in [1.29, 1.82) is 0 Å². The fourth-order valence-electron chi connectivity index (χ4n) is 1.73. The highest BCUT2D eigenvalue weighted by Gasteiger charge is 2.16. The van der Waals surface area contributed by atoms with E-state index in [0.717, 1.165) is 30.5 Å². The van der Waals surface area contributed by atoms with Gasteiger partial charge in [0, 0.05) is 5.69 Å². The maximum atomic E-state index is 11.8. The number of nitrogens with two attached hydrogens (primary N) is 1. The van der Waals surface area contributed by atoms with Crippen molar-refractivity contribution in [1.82, 2.24) is 0 Å². The third kappa shape index (κ3) is 6.25. The summed E-state index contributed by atoms with van der Waals surface area (Å²) in [5.41, 5.74) is 6.93. The molecule has 0 atom stereocenters. The second kappa shape index (κ2) is 7.14. The van der Waals surface area contributed by atoms with Gasteiger partial charge in [0.1, 0.15) is 5.60 Å². The molecule has 0 unspecified atom stereocenters. The molecule has 0 radical (unpaired) electrons. The van der Waals surface area contributed by atoms with Crippen LogP contribution in [0.3, 0.4) is 0 Å². The van der Waals surface area contributed by atoms with Gasteiger partial charge in [-0.1, -0.05) is 18.2 Å². The molecular weight excluding hydrogens is 240 g/mol. The van der Waals surface area contributed by atoms with Gasteiger partial charge >= 0.3 is 6.09 Å². The molecule has 4 nitrogen and oxygen atoms in total. The molecule has 0 heterocycles. The Labute approximate surface area is 115 Å². The van der Waals surface area contributed by atoms with E-state index < -0.39 is 11.7 Å². The maximum Gasteiger partial charge on any atom is 0.412 e. The van der Waals surface area contributed by atoms with Gasteiger partial charge in [-0.15, -0.1) is 0 Å². The summed E-state index contributed by atoms with van der Waals surface area (Å²) < 4.78 is 5.25. The maximum absolute atomic E-state index is 11.8. The summed E-state index contributed by atoms with van der Waals surface area (Å²) in [6.45, 7) is 6.24. The number of nitrogens with one attached hydrogen (secondary N) is 1. The Morgan fingerprint density at radius 3 is 2.58 bits per heavy atom. The van der Waals surface area contributed by atoms with Crippen molar-refractivity contribution in [2.45, 2.75) is 45.6 Å². The number of para-hydroxylation sites is 1. The fraction of sp³-hybridized carbons (Fsp3) is 0.533. The SMILES string of the molecule is CC(C)(C)OC(=O)Nc1ccccc1CCCCN. The highest BCUT2D eigenvalue weighted by Crippen LogP contribution is 2.18. The Hall–Kier alpha value is -1.55. The zero-order valence-corrected chi connectivity index (χ0v) is 12.0. The van der Waals surface area contributed by atoms with E-state index in [0.29, 0.717) is 6.54 Å². The average Bonchev–Trinajstić information content (AvgIpc) is 2.29. The summed E-state index contributed by atoms with van der Waals surface area (Å²) in [5.74, 6) is 0. The number of aryl methyl sites for hydroxylation is 1. The van der Waals surface area contributed by atoms with Gasteiger partial charge < -0.3 is 10.5 Å². The summed E-state index contributed by atoms with van der Waals surface area (Å²) in [6, 6.07) is 7.78. The Balaban J connectivity index is 2.64. The van der Waals surface area contributed by atoms with Crippen molar-refractivity contribution in [3.8, 4) is 0 Å². The molecular formula is C15H24N2O2. The minimum Gasteiger partial charge on any atom is -0.444 e. The number of carbonyl (C=O) groups excluding carboxylic acids is 1. The monoisotopic (exact) mass is 264 g/mol. The molecule has 1 aromatic rings. The molecule has 19 heavy (non-hydrogen) atoms. The van der Waals surface area contributed by atoms with Gasteiger partial charge in [-0.25, -0.2) is 4.79 Å². The lowest BCUT2D eigenvalue weighted by Crippen LogP contribution is -2.27. The van der Waals surface area contributed by atoms with E-state index in [9.17, 15) is 4.79 Å². The highest BCUT2D eigenvalue weighted by molar-refractivity contribution is 5.85. The van der Waals surface area contributed by atoms with Crippen LogP contribution in [-0.4, -0.2) is 18.2 Å². The predicted octanol–water partition coefficient (Wildman–Crippen LogP) is 3.32. The van der Waals surface area contributed by atoms with Gasteiger partial charge in [-0.3, -0.25) is 5.32 Å². The zero-order valence-electron chi connectivity index (χ0n) is 12.0. The van der Waals surface area contributed by atoms with E-state index in [-0.39, 0.29) is 0 Å².